The molecule has 1 heteroatoms. The molecule has 0 aromatic rings. The summed E-state index contributed by atoms with van der Waals surface area (Å²) in [5, 5.41) is 0. The minimum Gasteiger partial charge on any atom is -0.103 e. The highest BCUT2D eigenvalue weighted by Crippen LogP contribution is 2.25. The van der Waals surface area contributed by atoms with E-state index in [-0.39, 0.29) is 0 Å². The summed E-state index contributed by atoms with van der Waals surface area (Å²) in [6.45, 7) is 10.5. The summed E-state index contributed by atoms with van der Waals surface area (Å²) >= 11 is 3.55. The lowest BCUT2D eigenvalue weighted by Gasteiger charge is -2.19. The van der Waals surface area contributed by atoms with Crippen LogP contribution in [0.25, 0.3) is 0 Å². The van der Waals surface area contributed by atoms with E-state index in [2.05, 4.69) is 49.4 Å². The Balaban J connectivity index is 3.37. The zero-order chi connectivity index (χ0) is 9.61. The van der Waals surface area contributed by atoms with Crippen molar-refractivity contribution in [2.45, 2.75) is 51.3 Å². The van der Waals surface area contributed by atoms with Crippen molar-refractivity contribution < 1.29 is 0 Å². The highest BCUT2D eigenvalue weighted by atomic mass is 79.9. The van der Waals surface area contributed by atoms with Gasteiger partial charge in [0.05, 0.1) is 0 Å². The summed E-state index contributed by atoms with van der Waals surface area (Å²) in [5.74, 6) is 0. The van der Waals surface area contributed by atoms with E-state index in [1.54, 1.807) is 0 Å². The Morgan fingerprint density at radius 2 is 2.00 bits per heavy atom. The van der Waals surface area contributed by atoms with Gasteiger partial charge in [-0.25, -0.2) is 0 Å². The van der Waals surface area contributed by atoms with Gasteiger partial charge in [0.25, 0.3) is 0 Å². The maximum absolute atomic E-state index is 3.84. The molecule has 0 heterocycles. The topological polar surface area (TPSA) is 0 Å². The minimum atomic E-state index is 0.329. The Labute approximate surface area is 85.6 Å². The van der Waals surface area contributed by atoms with Crippen molar-refractivity contribution >= 4 is 15.9 Å². The molecule has 0 bridgehead atoms. The summed E-state index contributed by atoms with van der Waals surface area (Å²) in [4.78, 5) is 0.671. The van der Waals surface area contributed by atoms with Crippen molar-refractivity contribution in [2.24, 2.45) is 5.41 Å². The molecule has 72 valence electrons. The third-order valence-electron chi connectivity index (χ3n) is 2.23. The van der Waals surface area contributed by atoms with Crippen molar-refractivity contribution in [3.63, 3.8) is 0 Å². The number of unbranched alkanes of at least 4 members (excludes halogenated alkanes) is 1. The number of rotatable bonds is 6. The van der Waals surface area contributed by atoms with Crippen LogP contribution in [0.2, 0.25) is 0 Å². The van der Waals surface area contributed by atoms with Crippen LogP contribution in [0.1, 0.15) is 46.5 Å². The van der Waals surface area contributed by atoms with Gasteiger partial charge in [-0.15, -0.1) is 6.58 Å². The fourth-order valence-electron chi connectivity index (χ4n) is 1.11. The zero-order valence-corrected chi connectivity index (χ0v) is 10.2. The van der Waals surface area contributed by atoms with Gasteiger partial charge < -0.3 is 0 Å². The summed E-state index contributed by atoms with van der Waals surface area (Å²) in [6.07, 6.45) is 7.24. The van der Waals surface area contributed by atoms with Crippen LogP contribution in [0.4, 0.5) is 0 Å². The van der Waals surface area contributed by atoms with E-state index in [0.717, 1.165) is 0 Å². The number of alkyl halides is 1. The largest absolute Gasteiger partial charge is 0.103 e. The first kappa shape index (κ1) is 12.2. The van der Waals surface area contributed by atoms with Gasteiger partial charge in [0, 0.05) is 4.83 Å². The summed E-state index contributed by atoms with van der Waals surface area (Å²) in [7, 11) is 0. The van der Waals surface area contributed by atoms with Gasteiger partial charge in [0.2, 0.25) is 0 Å². The average molecular weight is 233 g/mol. The highest BCUT2D eigenvalue weighted by Gasteiger charge is 2.11. The van der Waals surface area contributed by atoms with E-state index in [9.17, 15) is 0 Å². The van der Waals surface area contributed by atoms with Gasteiger partial charge in [-0.1, -0.05) is 55.6 Å². The van der Waals surface area contributed by atoms with Crippen LogP contribution >= 0.6 is 15.9 Å². The number of halogens is 1. The van der Waals surface area contributed by atoms with E-state index in [0.29, 0.717) is 10.2 Å². The maximum atomic E-state index is 3.84. The van der Waals surface area contributed by atoms with E-state index in [1.807, 2.05) is 0 Å². The van der Waals surface area contributed by atoms with Crippen LogP contribution in [-0.2, 0) is 0 Å². The molecular formula is C11H21Br. The third-order valence-corrected chi connectivity index (χ3v) is 2.68. The summed E-state index contributed by atoms with van der Waals surface area (Å²) in [6, 6.07) is 0. The first-order chi connectivity index (χ1) is 5.48. The molecule has 0 spiro atoms. The molecule has 0 nitrogen and oxygen atoms in total. The van der Waals surface area contributed by atoms with E-state index >= 15 is 0 Å². The van der Waals surface area contributed by atoms with Gasteiger partial charge in [-0.3, -0.25) is 0 Å². The first-order valence-corrected chi connectivity index (χ1v) is 5.67. The Kier molecular flexibility index (Phi) is 5.90. The van der Waals surface area contributed by atoms with Gasteiger partial charge in [-0.2, -0.15) is 0 Å². The van der Waals surface area contributed by atoms with Crippen molar-refractivity contribution in [1.29, 1.82) is 0 Å². The fraction of sp³-hybridized carbons (Fsp3) is 0.818. The quantitative estimate of drug-likeness (QED) is 0.359. The van der Waals surface area contributed by atoms with Crippen LogP contribution in [0, 0.1) is 5.41 Å². The molecule has 0 aliphatic carbocycles. The van der Waals surface area contributed by atoms with E-state index in [4.69, 9.17) is 0 Å². The second-order valence-electron chi connectivity index (χ2n) is 4.22. The minimum absolute atomic E-state index is 0.329. The molecule has 0 aliphatic rings. The Morgan fingerprint density at radius 1 is 1.42 bits per heavy atom. The second kappa shape index (κ2) is 5.80. The highest BCUT2D eigenvalue weighted by molar-refractivity contribution is 9.09. The molecule has 0 radical (unpaired) electrons. The standard InChI is InChI=1S/C11H21Br/c1-5-11(3,4)9-7-6-8-10(2)12/h5,10H,1,6-9H2,2-4H3/t10-/m1/s1. The van der Waals surface area contributed by atoms with Crippen molar-refractivity contribution in [3.8, 4) is 0 Å². The predicted molar refractivity (Wildman–Crippen MR) is 60.8 cm³/mol. The van der Waals surface area contributed by atoms with Crippen LogP contribution in [-0.4, -0.2) is 4.83 Å². The van der Waals surface area contributed by atoms with Crippen molar-refractivity contribution in [1.82, 2.24) is 0 Å². The number of hydrogen-bond acceptors (Lipinski definition) is 0. The monoisotopic (exact) mass is 232 g/mol. The lowest BCUT2D eigenvalue weighted by atomic mass is 9.87. The van der Waals surface area contributed by atoms with Crippen LogP contribution in [0.5, 0.6) is 0 Å². The first-order valence-electron chi connectivity index (χ1n) is 4.75. The van der Waals surface area contributed by atoms with E-state index in [1.165, 1.54) is 25.7 Å². The molecule has 0 saturated carbocycles. The Hall–Kier alpha value is 0.220. The molecule has 1 atom stereocenters. The summed E-state index contributed by atoms with van der Waals surface area (Å²) < 4.78 is 0. The predicted octanol–water partition coefficient (Wildman–Crippen LogP) is 4.54. The smallest absolute Gasteiger partial charge is 0.0117 e. The molecule has 0 aromatic heterocycles. The van der Waals surface area contributed by atoms with Crippen LogP contribution in [0.15, 0.2) is 12.7 Å². The van der Waals surface area contributed by atoms with Crippen LogP contribution < -0.4 is 0 Å². The Bertz CT molecular complexity index is 125. The third kappa shape index (κ3) is 6.90. The molecule has 0 aliphatic heterocycles. The molecule has 0 N–H and O–H groups in total. The number of hydrogen-bond donors (Lipinski definition) is 0. The normalized spacial score (nSPS) is 14.3. The van der Waals surface area contributed by atoms with Crippen molar-refractivity contribution in [3.05, 3.63) is 12.7 Å². The molecule has 0 rings (SSSR count). The second-order valence-corrected chi connectivity index (χ2v) is 5.78. The summed E-state index contributed by atoms with van der Waals surface area (Å²) in [5.41, 5.74) is 0.329. The molecule has 0 amide bonds. The maximum Gasteiger partial charge on any atom is 0.0117 e. The zero-order valence-electron chi connectivity index (χ0n) is 8.57. The number of allylic oxidation sites excluding steroid dienone is 1. The molecule has 12 heavy (non-hydrogen) atoms. The van der Waals surface area contributed by atoms with Crippen molar-refractivity contribution in [2.75, 3.05) is 0 Å². The average Bonchev–Trinajstić information content (AvgIpc) is 1.98. The fourth-order valence-corrected chi connectivity index (χ4v) is 1.43. The lowest BCUT2D eigenvalue weighted by Crippen LogP contribution is -2.06. The molecule has 0 fully saturated rings. The molecular weight excluding hydrogens is 212 g/mol. The lowest BCUT2D eigenvalue weighted by molar-refractivity contribution is 0.412. The van der Waals surface area contributed by atoms with Gasteiger partial charge >= 0.3 is 0 Å². The molecule has 0 saturated heterocycles. The van der Waals surface area contributed by atoms with E-state index < -0.39 is 0 Å². The van der Waals surface area contributed by atoms with Gasteiger partial charge in [0.1, 0.15) is 0 Å². The molecule has 0 unspecified atom stereocenters. The van der Waals surface area contributed by atoms with Gasteiger partial charge in [0.15, 0.2) is 0 Å². The van der Waals surface area contributed by atoms with Gasteiger partial charge in [-0.05, 0) is 18.3 Å². The SMILES string of the molecule is C=CC(C)(C)CCCC[C@@H](C)Br. The molecule has 0 aromatic carbocycles. The van der Waals surface area contributed by atoms with Crippen LogP contribution in [0.3, 0.4) is 0 Å². The Morgan fingerprint density at radius 3 is 2.42 bits per heavy atom.